The highest BCUT2D eigenvalue weighted by molar-refractivity contribution is 5.54. The lowest BCUT2D eigenvalue weighted by atomic mass is 10.0. The van der Waals surface area contributed by atoms with Crippen molar-refractivity contribution in [1.82, 2.24) is 0 Å². The fourth-order valence-electron chi connectivity index (χ4n) is 1.62. The predicted molar refractivity (Wildman–Crippen MR) is 50.1 cm³/mol. The van der Waals surface area contributed by atoms with Crippen LogP contribution in [0.3, 0.4) is 0 Å². The van der Waals surface area contributed by atoms with Crippen LogP contribution in [0.25, 0.3) is 0 Å². The highest BCUT2D eigenvalue weighted by Crippen LogP contribution is 2.39. The molecule has 5 nitrogen and oxygen atoms in total. The fraction of sp³-hybridized carbons (Fsp3) is 0.333. The quantitative estimate of drug-likeness (QED) is 0.565. The Morgan fingerprint density at radius 1 is 1.60 bits per heavy atom. The van der Waals surface area contributed by atoms with E-state index in [1.807, 2.05) is 0 Å². The Morgan fingerprint density at radius 2 is 2.33 bits per heavy atom. The molecule has 0 amide bonds. The maximum Gasteiger partial charge on any atom is 0.346 e. The second-order valence-electron chi connectivity index (χ2n) is 3.32. The van der Waals surface area contributed by atoms with E-state index in [-0.39, 0.29) is 18.4 Å². The number of hydrogen-bond acceptors (Lipinski definition) is 4. The summed E-state index contributed by atoms with van der Waals surface area (Å²) < 4.78 is 18.3. The van der Waals surface area contributed by atoms with Gasteiger partial charge in [0.1, 0.15) is 0 Å². The predicted octanol–water partition coefficient (Wildman–Crippen LogP) is 1.52. The molecule has 15 heavy (non-hydrogen) atoms. The molecule has 2 N–H and O–H groups in total. The van der Waals surface area contributed by atoms with Crippen molar-refractivity contribution in [1.29, 1.82) is 0 Å². The molecular weight excluding hydrogens is 203 g/mol. The number of fused-ring (bicyclic) bond motifs is 1. The molecule has 80 valence electrons. The van der Waals surface area contributed by atoms with E-state index in [0.29, 0.717) is 12.0 Å². The van der Waals surface area contributed by atoms with Gasteiger partial charge in [-0.3, -0.25) is 10.1 Å². The first kappa shape index (κ1) is 9.85. The summed E-state index contributed by atoms with van der Waals surface area (Å²) in [6.07, 6.45) is 0.579. The summed E-state index contributed by atoms with van der Waals surface area (Å²) in [5.41, 5.74) is 5.61. The van der Waals surface area contributed by atoms with Gasteiger partial charge in [0, 0.05) is 18.0 Å². The molecular formula is C9H9FN2O3. The van der Waals surface area contributed by atoms with Gasteiger partial charge in [-0.2, -0.15) is 4.39 Å². The number of benzene rings is 1. The summed E-state index contributed by atoms with van der Waals surface area (Å²) in [5, 5.41) is 10.6. The zero-order chi connectivity index (χ0) is 11.0. The van der Waals surface area contributed by atoms with E-state index in [9.17, 15) is 14.5 Å². The third-order valence-electron chi connectivity index (χ3n) is 2.37. The Labute approximate surface area is 84.8 Å². The fourth-order valence-corrected chi connectivity index (χ4v) is 1.62. The average molecular weight is 212 g/mol. The van der Waals surface area contributed by atoms with Gasteiger partial charge in [0.2, 0.25) is 11.6 Å². The maximum atomic E-state index is 13.2. The largest absolute Gasteiger partial charge is 0.486 e. The molecule has 0 unspecified atom stereocenters. The molecule has 0 bridgehead atoms. The third-order valence-corrected chi connectivity index (χ3v) is 2.37. The van der Waals surface area contributed by atoms with Crippen molar-refractivity contribution in [2.24, 2.45) is 5.73 Å². The van der Waals surface area contributed by atoms with Crippen LogP contribution in [-0.2, 0) is 0 Å². The van der Waals surface area contributed by atoms with Gasteiger partial charge in [-0.05, 0) is 6.07 Å². The van der Waals surface area contributed by atoms with Crippen LogP contribution in [0, 0.1) is 15.9 Å². The second kappa shape index (κ2) is 3.47. The molecule has 2 rings (SSSR count). The van der Waals surface area contributed by atoms with Gasteiger partial charge < -0.3 is 10.5 Å². The first-order valence-corrected chi connectivity index (χ1v) is 4.46. The number of nitrogens with zero attached hydrogens (tertiary/aromatic N) is 1. The van der Waals surface area contributed by atoms with E-state index < -0.39 is 16.4 Å². The topological polar surface area (TPSA) is 78.4 Å². The molecule has 0 saturated heterocycles. The number of nitro benzene ring substituents is 1. The molecule has 1 aliphatic heterocycles. The zero-order valence-corrected chi connectivity index (χ0v) is 7.77. The number of hydrogen-bond donors (Lipinski definition) is 1. The van der Waals surface area contributed by atoms with Crippen LogP contribution in [0.15, 0.2) is 12.1 Å². The first-order chi connectivity index (χ1) is 7.11. The first-order valence-electron chi connectivity index (χ1n) is 4.46. The minimum Gasteiger partial charge on any atom is -0.486 e. The van der Waals surface area contributed by atoms with Crippen molar-refractivity contribution in [2.75, 3.05) is 6.61 Å². The standard InChI is InChI=1S/C9H9FN2O3/c10-6-2-1-5-7(11)3-4-15-9(5)8(6)12(13)14/h1-2,7H,3-4,11H2/t7-/m0/s1. The molecule has 6 heteroatoms. The molecule has 1 heterocycles. The summed E-state index contributed by atoms with van der Waals surface area (Å²) in [6, 6.07) is 2.15. The zero-order valence-electron chi connectivity index (χ0n) is 7.77. The van der Waals surface area contributed by atoms with Crippen LogP contribution in [-0.4, -0.2) is 11.5 Å². The normalized spacial score (nSPS) is 19.2. The second-order valence-corrected chi connectivity index (χ2v) is 3.32. The Balaban J connectivity index is 2.63. The van der Waals surface area contributed by atoms with E-state index >= 15 is 0 Å². The van der Waals surface area contributed by atoms with E-state index in [2.05, 4.69) is 0 Å². The van der Waals surface area contributed by atoms with Crippen molar-refractivity contribution in [3.63, 3.8) is 0 Å². The van der Waals surface area contributed by atoms with Crippen LogP contribution in [0.4, 0.5) is 10.1 Å². The number of nitrogens with two attached hydrogens (primary N) is 1. The summed E-state index contributed by atoms with van der Waals surface area (Å²) in [4.78, 5) is 9.86. The minimum absolute atomic E-state index is 0.0289. The SMILES string of the molecule is N[C@H]1CCOc2c1ccc(F)c2[N+](=O)[O-]. The van der Waals surface area contributed by atoms with E-state index in [4.69, 9.17) is 10.5 Å². The van der Waals surface area contributed by atoms with Gasteiger partial charge in [-0.1, -0.05) is 6.07 Å². The molecule has 1 aliphatic rings. The van der Waals surface area contributed by atoms with Crippen LogP contribution >= 0.6 is 0 Å². The van der Waals surface area contributed by atoms with Crippen molar-refractivity contribution in [3.05, 3.63) is 33.6 Å². The van der Waals surface area contributed by atoms with E-state index in [0.717, 1.165) is 6.07 Å². The van der Waals surface area contributed by atoms with Gasteiger partial charge >= 0.3 is 5.69 Å². The van der Waals surface area contributed by atoms with Crippen molar-refractivity contribution in [2.45, 2.75) is 12.5 Å². The highest BCUT2D eigenvalue weighted by Gasteiger charge is 2.30. The Morgan fingerprint density at radius 3 is 3.00 bits per heavy atom. The summed E-state index contributed by atoms with van der Waals surface area (Å²) >= 11 is 0. The molecule has 0 radical (unpaired) electrons. The maximum absolute atomic E-state index is 13.2. The summed E-state index contributed by atoms with van der Waals surface area (Å²) in [6.45, 7) is 0.276. The molecule has 1 aromatic rings. The van der Waals surface area contributed by atoms with Crippen LogP contribution < -0.4 is 10.5 Å². The molecule has 1 aromatic carbocycles. The molecule has 0 aromatic heterocycles. The van der Waals surface area contributed by atoms with Crippen molar-refractivity contribution >= 4 is 5.69 Å². The summed E-state index contributed by atoms with van der Waals surface area (Å²) in [5.74, 6) is -0.924. The highest BCUT2D eigenvalue weighted by atomic mass is 19.1. The van der Waals surface area contributed by atoms with Crippen LogP contribution in [0.1, 0.15) is 18.0 Å². The van der Waals surface area contributed by atoms with Crippen molar-refractivity contribution in [3.8, 4) is 5.75 Å². The molecule has 0 fully saturated rings. The number of ether oxygens (including phenoxy) is 1. The Bertz CT molecular complexity index is 422. The Hall–Kier alpha value is -1.69. The Kier molecular flexibility index (Phi) is 2.28. The van der Waals surface area contributed by atoms with Gasteiger partial charge in [-0.25, -0.2) is 0 Å². The van der Waals surface area contributed by atoms with Crippen LogP contribution in [0.5, 0.6) is 5.75 Å². The minimum atomic E-state index is -0.896. The van der Waals surface area contributed by atoms with Crippen LogP contribution in [0.2, 0.25) is 0 Å². The lowest BCUT2D eigenvalue weighted by molar-refractivity contribution is -0.388. The average Bonchev–Trinajstić information content (AvgIpc) is 2.17. The van der Waals surface area contributed by atoms with E-state index in [1.165, 1.54) is 6.07 Å². The monoisotopic (exact) mass is 212 g/mol. The third kappa shape index (κ3) is 1.52. The van der Waals surface area contributed by atoms with Gasteiger partial charge in [0.15, 0.2) is 0 Å². The van der Waals surface area contributed by atoms with Gasteiger partial charge in [0.05, 0.1) is 11.5 Å². The summed E-state index contributed by atoms with van der Waals surface area (Å²) in [7, 11) is 0. The molecule has 0 spiro atoms. The number of nitro groups is 1. The number of halogens is 1. The van der Waals surface area contributed by atoms with E-state index in [1.54, 1.807) is 0 Å². The molecule has 0 aliphatic carbocycles. The van der Waals surface area contributed by atoms with Gasteiger partial charge in [0.25, 0.3) is 0 Å². The lowest BCUT2D eigenvalue weighted by Gasteiger charge is -2.22. The molecule has 1 atom stereocenters. The van der Waals surface area contributed by atoms with Gasteiger partial charge in [-0.15, -0.1) is 0 Å². The smallest absolute Gasteiger partial charge is 0.346 e. The molecule has 0 saturated carbocycles. The lowest BCUT2D eigenvalue weighted by Crippen LogP contribution is -2.21. The number of rotatable bonds is 1. The van der Waals surface area contributed by atoms with Crippen molar-refractivity contribution < 1.29 is 14.1 Å².